The van der Waals surface area contributed by atoms with Gasteiger partial charge in [-0.2, -0.15) is 0 Å². The van der Waals surface area contributed by atoms with E-state index in [1.807, 2.05) is 19.0 Å². The molecule has 0 bridgehead atoms. The van der Waals surface area contributed by atoms with Gasteiger partial charge in [0.25, 0.3) is 0 Å². The molecule has 1 amide bonds. The Hall–Kier alpha value is -1.42. The minimum atomic E-state index is -0.464. The number of carbonyl (C=O) groups excluding carboxylic acids is 1. The van der Waals surface area contributed by atoms with Crippen LogP contribution in [-0.4, -0.2) is 38.0 Å². The first-order valence-corrected chi connectivity index (χ1v) is 7.76. The molecule has 1 aromatic carbocycles. The van der Waals surface area contributed by atoms with Gasteiger partial charge in [0.1, 0.15) is 5.82 Å². The molecule has 1 aliphatic rings. The van der Waals surface area contributed by atoms with E-state index in [0.29, 0.717) is 6.54 Å². The molecule has 0 spiro atoms. The monoisotopic (exact) mass is 292 g/mol. The number of amides is 1. The third kappa shape index (κ3) is 3.43. The highest BCUT2D eigenvalue weighted by Crippen LogP contribution is 2.40. The summed E-state index contributed by atoms with van der Waals surface area (Å²) in [6.45, 7) is 1.47. The van der Waals surface area contributed by atoms with E-state index in [4.69, 9.17) is 0 Å². The van der Waals surface area contributed by atoms with Gasteiger partial charge in [-0.3, -0.25) is 4.79 Å². The van der Waals surface area contributed by atoms with Crippen LogP contribution in [0.15, 0.2) is 24.3 Å². The van der Waals surface area contributed by atoms with Gasteiger partial charge < -0.3 is 10.2 Å². The summed E-state index contributed by atoms with van der Waals surface area (Å²) in [6.07, 6.45) is 5.02. The van der Waals surface area contributed by atoms with Crippen LogP contribution in [0, 0.1) is 5.82 Å². The largest absolute Gasteiger partial charge is 0.344 e. The van der Waals surface area contributed by atoms with Gasteiger partial charge in [0.05, 0.1) is 5.41 Å². The SMILES string of the molecule is CNCCN(C)C(=O)C1(c2ccc(F)cc2)CCCCC1. The maximum absolute atomic E-state index is 13.2. The maximum atomic E-state index is 13.2. The molecule has 0 aliphatic heterocycles. The molecule has 1 aliphatic carbocycles. The van der Waals surface area contributed by atoms with E-state index in [0.717, 1.165) is 37.8 Å². The summed E-state index contributed by atoms with van der Waals surface area (Å²) < 4.78 is 13.2. The molecule has 0 heterocycles. The smallest absolute Gasteiger partial charge is 0.233 e. The standard InChI is InChI=1S/C17H25FN2O/c1-19-12-13-20(2)16(21)17(10-4-3-5-11-17)14-6-8-15(18)9-7-14/h6-9,19H,3-5,10-13H2,1-2H3. The summed E-state index contributed by atoms with van der Waals surface area (Å²) >= 11 is 0. The quantitative estimate of drug-likeness (QED) is 0.905. The van der Waals surface area contributed by atoms with Crippen LogP contribution in [-0.2, 0) is 10.2 Å². The van der Waals surface area contributed by atoms with Crippen molar-refractivity contribution in [3.8, 4) is 0 Å². The van der Waals surface area contributed by atoms with E-state index in [-0.39, 0.29) is 11.7 Å². The van der Waals surface area contributed by atoms with Crippen LogP contribution < -0.4 is 5.32 Å². The number of nitrogens with one attached hydrogen (secondary N) is 1. The molecule has 2 rings (SSSR count). The van der Waals surface area contributed by atoms with Crippen LogP contribution in [0.5, 0.6) is 0 Å². The van der Waals surface area contributed by atoms with Gasteiger partial charge >= 0.3 is 0 Å². The normalized spacial score (nSPS) is 17.5. The number of benzene rings is 1. The van der Waals surface area contributed by atoms with Crippen molar-refractivity contribution >= 4 is 5.91 Å². The van der Waals surface area contributed by atoms with Crippen molar-refractivity contribution in [3.05, 3.63) is 35.6 Å². The topological polar surface area (TPSA) is 32.3 Å². The van der Waals surface area contributed by atoms with Crippen molar-refractivity contribution in [2.24, 2.45) is 0 Å². The molecule has 1 N–H and O–H groups in total. The van der Waals surface area contributed by atoms with E-state index in [2.05, 4.69) is 5.32 Å². The zero-order chi connectivity index (χ0) is 15.3. The molecule has 0 aromatic heterocycles. The molecule has 21 heavy (non-hydrogen) atoms. The lowest BCUT2D eigenvalue weighted by molar-refractivity contribution is -0.137. The predicted molar refractivity (Wildman–Crippen MR) is 82.7 cm³/mol. The van der Waals surface area contributed by atoms with E-state index < -0.39 is 5.41 Å². The fourth-order valence-corrected chi connectivity index (χ4v) is 3.30. The van der Waals surface area contributed by atoms with Crippen LogP contribution >= 0.6 is 0 Å². The first-order valence-electron chi connectivity index (χ1n) is 7.76. The van der Waals surface area contributed by atoms with Gasteiger partial charge in [0.2, 0.25) is 5.91 Å². The third-order valence-electron chi connectivity index (χ3n) is 4.56. The zero-order valence-corrected chi connectivity index (χ0v) is 13.0. The van der Waals surface area contributed by atoms with Crippen LogP contribution in [0.25, 0.3) is 0 Å². The molecule has 1 saturated carbocycles. The molecule has 3 nitrogen and oxygen atoms in total. The van der Waals surface area contributed by atoms with Crippen molar-refractivity contribution in [2.75, 3.05) is 27.2 Å². The average Bonchev–Trinajstić information content (AvgIpc) is 2.53. The molecule has 0 saturated heterocycles. The number of hydrogen-bond donors (Lipinski definition) is 1. The minimum Gasteiger partial charge on any atom is -0.344 e. The van der Waals surface area contributed by atoms with Gasteiger partial charge in [-0.05, 0) is 37.6 Å². The summed E-state index contributed by atoms with van der Waals surface area (Å²) in [6, 6.07) is 6.49. The molecule has 1 aromatic rings. The highest BCUT2D eigenvalue weighted by Gasteiger charge is 2.42. The van der Waals surface area contributed by atoms with Gasteiger partial charge in [0, 0.05) is 20.1 Å². The van der Waals surface area contributed by atoms with Gasteiger partial charge in [-0.1, -0.05) is 31.4 Å². The van der Waals surface area contributed by atoms with Crippen molar-refractivity contribution in [1.29, 1.82) is 0 Å². The molecule has 0 radical (unpaired) electrons. The highest BCUT2D eigenvalue weighted by molar-refractivity contribution is 5.88. The fourth-order valence-electron chi connectivity index (χ4n) is 3.30. The van der Waals surface area contributed by atoms with Crippen molar-refractivity contribution in [1.82, 2.24) is 10.2 Å². The number of halogens is 1. The van der Waals surface area contributed by atoms with Crippen LogP contribution in [0.3, 0.4) is 0 Å². The van der Waals surface area contributed by atoms with Crippen molar-refractivity contribution in [2.45, 2.75) is 37.5 Å². The lowest BCUT2D eigenvalue weighted by atomic mass is 9.68. The molecule has 1 fully saturated rings. The highest BCUT2D eigenvalue weighted by atomic mass is 19.1. The molecular formula is C17H25FN2O. The summed E-state index contributed by atoms with van der Waals surface area (Å²) in [5.74, 6) is -0.0789. The number of rotatable bonds is 5. The second-order valence-corrected chi connectivity index (χ2v) is 5.98. The summed E-state index contributed by atoms with van der Waals surface area (Å²) in [5.41, 5.74) is 0.499. The molecular weight excluding hydrogens is 267 g/mol. The lowest BCUT2D eigenvalue weighted by Gasteiger charge is -2.39. The molecule has 0 atom stereocenters. The van der Waals surface area contributed by atoms with Crippen LogP contribution in [0.2, 0.25) is 0 Å². The Balaban J connectivity index is 2.28. The molecule has 116 valence electrons. The number of nitrogens with zero attached hydrogens (tertiary/aromatic N) is 1. The number of hydrogen-bond acceptors (Lipinski definition) is 2. The second kappa shape index (κ2) is 7.03. The first kappa shape index (κ1) is 16.0. The van der Waals surface area contributed by atoms with E-state index >= 15 is 0 Å². The number of carbonyl (C=O) groups is 1. The molecule has 4 heteroatoms. The van der Waals surface area contributed by atoms with Gasteiger partial charge in [0.15, 0.2) is 0 Å². The Kier molecular flexibility index (Phi) is 5.34. The maximum Gasteiger partial charge on any atom is 0.233 e. The predicted octanol–water partition coefficient (Wildman–Crippen LogP) is 2.71. The minimum absolute atomic E-state index is 0.170. The average molecular weight is 292 g/mol. The van der Waals surface area contributed by atoms with Crippen molar-refractivity contribution < 1.29 is 9.18 Å². The van der Waals surface area contributed by atoms with Crippen LogP contribution in [0.1, 0.15) is 37.7 Å². The fraction of sp³-hybridized carbons (Fsp3) is 0.588. The summed E-state index contributed by atoms with van der Waals surface area (Å²) in [7, 11) is 3.74. The van der Waals surface area contributed by atoms with Gasteiger partial charge in [-0.15, -0.1) is 0 Å². The van der Waals surface area contributed by atoms with E-state index in [1.54, 1.807) is 12.1 Å². The van der Waals surface area contributed by atoms with Gasteiger partial charge in [-0.25, -0.2) is 4.39 Å². The second-order valence-electron chi connectivity index (χ2n) is 5.98. The lowest BCUT2D eigenvalue weighted by Crippen LogP contribution is -2.48. The van der Waals surface area contributed by atoms with E-state index in [1.165, 1.54) is 18.6 Å². The Labute approximate surface area is 126 Å². The third-order valence-corrected chi connectivity index (χ3v) is 4.56. The summed E-state index contributed by atoms with van der Waals surface area (Å²) in [5, 5.41) is 3.07. The Morgan fingerprint density at radius 1 is 1.24 bits per heavy atom. The number of likely N-dealkylation sites (N-methyl/N-ethyl adjacent to an activating group) is 2. The van der Waals surface area contributed by atoms with Crippen LogP contribution in [0.4, 0.5) is 4.39 Å². The first-order chi connectivity index (χ1) is 10.1. The Morgan fingerprint density at radius 2 is 1.86 bits per heavy atom. The molecule has 0 unspecified atom stereocenters. The van der Waals surface area contributed by atoms with E-state index in [9.17, 15) is 9.18 Å². The summed E-state index contributed by atoms with van der Waals surface area (Å²) in [4.78, 5) is 14.8. The Morgan fingerprint density at radius 3 is 2.43 bits per heavy atom. The van der Waals surface area contributed by atoms with Crippen molar-refractivity contribution in [3.63, 3.8) is 0 Å². The zero-order valence-electron chi connectivity index (χ0n) is 13.0. The Bertz CT molecular complexity index is 466.